The van der Waals surface area contributed by atoms with Crippen LogP contribution < -0.4 is 5.32 Å². The van der Waals surface area contributed by atoms with Gasteiger partial charge in [-0.05, 0) is 38.0 Å². The van der Waals surface area contributed by atoms with Crippen LogP contribution in [0.4, 0.5) is 0 Å². The topological polar surface area (TPSA) is 46.9 Å². The molecule has 0 saturated heterocycles. The molecule has 2 aromatic carbocycles. The van der Waals surface area contributed by atoms with Crippen molar-refractivity contribution in [3.8, 4) is 11.1 Å². The van der Waals surface area contributed by atoms with Crippen LogP contribution in [0, 0.1) is 20.8 Å². The summed E-state index contributed by atoms with van der Waals surface area (Å²) in [5, 5.41) is 7.62. The highest BCUT2D eigenvalue weighted by atomic mass is 16.1. The largest absolute Gasteiger partial charge is 0.350 e. The molecule has 0 radical (unpaired) electrons. The van der Waals surface area contributed by atoms with E-state index in [0.29, 0.717) is 13.1 Å². The summed E-state index contributed by atoms with van der Waals surface area (Å²) >= 11 is 0. The lowest BCUT2D eigenvalue weighted by molar-refractivity contribution is 0.0951. The van der Waals surface area contributed by atoms with Gasteiger partial charge in [-0.25, -0.2) is 0 Å². The molecule has 0 saturated carbocycles. The summed E-state index contributed by atoms with van der Waals surface area (Å²) in [5.74, 6) is -0.0390. The van der Waals surface area contributed by atoms with E-state index in [-0.39, 0.29) is 5.91 Å². The minimum absolute atomic E-state index is 0.0390. The molecule has 3 rings (SSSR count). The lowest BCUT2D eigenvalue weighted by Gasteiger charge is -2.09. The third-order valence-electron chi connectivity index (χ3n) is 4.44. The third kappa shape index (κ3) is 3.63. The Labute approximate surface area is 148 Å². The summed E-state index contributed by atoms with van der Waals surface area (Å²) in [7, 11) is 0. The van der Waals surface area contributed by atoms with Crippen LogP contribution in [0.1, 0.15) is 27.3 Å². The second-order valence-corrected chi connectivity index (χ2v) is 6.21. The Kier molecular flexibility index (Phi) is 4.98. The molecule has 0 aliphatic carbocycles. The lowest BCUT2D eigenvalue weighted by atomic mass is 10.0. The molecule has 128 valence electrons. The van der Waals surface area contributed by atoms with Crippen LogP contribution in [0.3, 0.4) is 0 Å². The number of carbonyl (C=O) groups is 1. The number of amides is 1. The number of aryl methyl sites for hydroxylation is 2. The highest BCUT2D eigenvalue weighted by molar-refractivity contribution is 5.95. The van der Waals surface area contributed by atoms with Crippen molar-refractivity contribution in [2.75, 3.05) is 6.54 Å². The van der Waals surface area contributed by atoms with Gasteiger partial charge < -0.3 is 5.32 Å². The van der Waals surface area contributed by atoms with Gasteiger partial charge in [-0.2, -0.15) is 5.10 Å². The Morgan fingerprint density at radius 1 is 1.00 bits per heavy atom. The number of aromatic nitrogens is 2. The molecule has 0 unspecified atom stereocenters. The predicted octanol–water partition coefficient (Wildman–Crippen LogP) is 3.91. The summed E-state index contributed by atoms with van der Waals surface area (Å²) in [4.78, 5) is 12.3. The second kappa shape index (κ2) is 7.34. The Morgan fingerprint density at radius 2 is 1.68 bits per heavy atom. The van der Waals surface area contributed by atoms with E-state index >= 15 is 0 Å². The van der Waals surface area contributed by atoms with Crippen molar-refractivity contribution in [3.05, 3.63) is 77.1 Å². The summed E-state index contributed by atoms with van der Waals surface area (Å²) < 4.78 is 1.97. The van der Waals surface area contributed by atoms with Gasteiger partial charge in [0, 0.05) is 23.4 Å². The first-order valence-corrected chi connectivity index (χ1v) is 8.51. The molecule has 1 N–H and O–H groups in total. The monoisotopic (exact) mass is 333 g/mol. The molecule has 1 amide bonds. The molecule has 0 bridgehead atoms. The molecule has 1 aromatic heterocycles. The van der Waals surface area contributed by atoms with Gasteiger partial charge in [0.15, 0.2) is 0 Å². The molecule has 0 fully saturated rings. The summed E-state index contributed by atoms with van der Waals surface area (Å²) in [6, 6.07) is 17.9. The Hall–Kier alpha value is -2.88. The lowest BCUT2D eigenvalue weighted by Crippen LogP contribution is -2.28. The van der Waals surface area contributed by atoms with Crippen molar-refractivity contribution in [1.82, 2.24) is 15.1 Å². The fourth-order valence-corrected chi connectivity index (χ4v) is 3.14. The van der Waals surface area contributed by atoms with Crippen LogP contribution in [0.2, 0.25) is 0 Å². The van der Waals surface area contributed by atoms with Crippen molar-refractivity contribution in [2.24, 2.45) is 0 Å². The van der Waals surface area contributed by atoms with Crippen molar-refractivity contribution < 1.29 is 4.79 Å². The van der Waals surface area contributed by atoms with E-state index in [2.05, 4.69) is 29.5 Å². The molecule has 0 spiro atoms. The minimum atomic E-state index is -0.0390. The van der Waals surface area contributed by atoms with E-state index in [4.69, 9.17) is 0 Å². The average molecular weight is 333 g/mol. The number of carbonyl (C=O) groups excluding carboxylic acids is 1. The van der Waals surface area contributed by atoms with Gasteiger partial charge in [-0.3, -0.25) is 9.48 Å². The zero-order valence-electron chi connectivity index (χ0n) is 14.9. The summed E-state index contributed by atoms with van der Waals surface area (Å²) in [6.45, 7) is 7.24. The quantitative estimate of drug-likeness (QED) is 0.769. The van der Waals surface area contributed by atoms with E-state index in [9.17, 15) is 4.79 Å². The Morgan fingerprint density at radius 3 is 2.40 bits per heavy atom. The van der Waals surface area contributed by atoms with E-state index in [1.165, 1.54) is 11.1 Å². The molecular weight excluding hydrogens is 310 g/mol. The van der Waals surface area contributed by atoms with Gasteiger partial charge in [0.2, 0.25) is 0 Å². The number of nitrogens with zero attached hydrogens (tertiary/aromatic N) is 2. The van der Waals surface area contributed by atoms with Crippen LogP contribution in [-0.2, 0) is 6.54 Å². The Balaban J connectivity index is 1.69. The van der Waals surface area contributed by atoms with Crippen molar-refractivity contribution in [1.29, 1.82) is 0 Å². The molecule has 25 heavy (non-hydrogen) atoms. The molecular formula is C21H23N3O. The van der Waals surface area contributed by atoms with Crippen LogP contribution in [0.5, 0.6) is 0 Å². The number of nitrogens with one attached hydrogen (secondary N) is 1. The standard InChI is InChI=1S/C21H23N3O/c1-15-9-7-8-12-19(15)21(25)22-13-14-24-17(3)20(16(2)23-24)18-10-5-4-6-11-18/h4-12H,13-14H2,1-3H3,(H,22,25). The first kappa shape index (κ1) is 17.0. The van der Waals surface area contributed by atoms with Crippen LogP contribution in [-0.4, -0.2) is 22.2 Å². The molecule has 1 heterocycles. The molecule has 4 heteroatoms. The van der Waals surface area contributed by atoms with Gasteiger partial charge in [-0.1, -0.05) is 48.5 Å². The molecule has 4 nitrogen and oxygen atoms in total. The van der Waals surface area contributed by atoms with E-state index in [1.807, 2.05) is 61.0 Å². The molecule has 0 aliphatic heterocycles. The minimum Gasteiger partial charge on any atom is -0.350 e. The van der Waals surface area contributed by atoms with E-state index in [0.717, 1.165) is 22.5 Å². The zero-order chi connectivity index (χ0) is 17.8. The average Bonchev–Trinajstić information content (AvgIpc) is 2.89. The first-order chi connectivity index (χ1) is 12.1. The van der Waals surface area contributed by atoms with Gasteiger partial charge in [0.1, 0.15) is 0 Å². The number of hydrogen-bond donors (Lipinski definition) is 1. The number of rotatable bonds is 5. The number of benzene rings is 2. The summed E-state index contributed by atoms with van der Waals surface area (Å²) in [6.07, 6.45) is 0. The zero-order valence-corrected chi connectivity index (χ0v) is 14.9. The highest BCUT2D eigenvalue weighted by Crippen LogP contribution is 2.26. The van der Waals surface area contributed by atoms with E-state index < -0.39 is 0 Å². The maximum absolute atomic E-state index is 12.3. The van der Waals surface area contributed by atoms with Gasteiger partial charge in [-0.15, -0.1) is 0 Å². The van der Waals surface area contributed by atoms with Crippen LogP contribution >= 0.6 is 0 Å². The number of hydrogen-bond acceptors (Lipinski definition) is 2. The van der Waals surface area contributed by atoms with Gasteiger partial charge in [0.05, 0.1) is 12.2 Å². The maximum atomic E-state index is 12.3. The fourth-order valence-electron chi connectivity index (χ4n) is 3.14. The second-order valence-electron chi connectivity index (χ2n) is 6.21. The third-order valence-corrected chi connectivity index (χ3v) is 4.44. The highest BCUT2D eigenvalue weighted by Gasteiger charge is 2.13. The van der Waals surface area contributed by atoms with Crippen molar-refractivity contribution >= 4 is 5.91 Å². The smallest absolute Gasteiger partial charge is 0.251 e. The van der Waals surface area contributed by atoms with Crippen molar-refractivity contribution in [2.45, 2.75) is 27.3 Å². The maximum Gasteiger partial charge on any atom is 0.251 e. The van der Waals surface area contributed by atoms with E-state index in [1.54, 1.807) is 0 Å². The molecule has 0 aliphatic rings. The van der Waals surface area contributed by atoms with Crippen molar-refractivity contribution in [3.63, 3.8) is 0 Å². The SMILES string of the molecule is Cc1ccccc1C(=O)NCCn1nc(C)c(-c2ccccc2)c1C. The van der Waals surface area contributed by atoms with Gasteiger partial charge >= 0.3 is 0 Å². The van der Waals surface area contributed by atoms with Crippen LogP contribution in [0.15, 0.2) is 54.6 Å². The molecule has 3 aromatic rings. The fraction of sp³-hybridized carbons (Fsp3) is 0.238. The first-order valence-electron chi connectivity index (χ1n) is 8.51. The van der Waals surface area contributed by atoms with Crippen LogP contribution in [0.25, 0.3) is 11.1 Å². The Bertz CT molecular complexity index is 881. The molecule has 0 atom stereocenters. The summed E-state index contributed by atoms with van der Waals surface area (Å²) in [5.41, 5.74) is 6.18. The predicted molar refractivity (Wildman–Crippen MR) is 101 cm³/mol. The normalized spacial score (nSPS) is 10.7. The van der Waals surface area contributed by atoms with Gasteiger partial charge in [0.25, 0.3) is 5.91 Å².